The monoisotopic (exact) mass is 370 g/mol. The first-order valence-electron chi connectivity index (χ1n) is 7.43. The molecule has 0 saturated carbocycles. The molecule has 4 nitrogen and oxygen atoms in total. The molecule has 23 heavy (non-hydrogen) atoms. The average molecular weight is 371 g/mol. The number of halogens is 4. The normalized spacial score (nSPS) is 20.3. The summed E-state index contributed by atoms with van der Waals surface area (Å²) in [6, 6.07) is 5.38. The number of fused-ring (bicyclic) bond motifs is 1. The molecule has 1 aromatic rings. The fourth-order valence-corrected chi connectivity index (χ4v) is 3.00. The van der Waals surface area contributed by atoms with Crippen molar-refractivity contribution < 1.29 is 18.3 Å². The summed E-state index contributed by atoms with van der Waals surface area (Å²) in [5, 5.41) is 3.33. The summed E-state index contributed by atoms with van der Waals surface area (Å²) in [5.74, 6) is 0.244. The van der Waals surface area contributed by atoms with Crippen LogP contribution in [0, 0.1) is 0 Å². The second-order valence-electron chi connectivity index (χ2n) is 5.46. The van der Waals surface area contributed by atoms with Gasteiger partial charge in [0, 0.05) is 32.2 Å². The van der Waals surface area contributed by atoms with Gasteiger partial charge in [-0.2, -0.15) is 0 Å². The van der Waals surface area contributed by atoms with Crippen LogP contribution in [-0.4, -0.2) is 37.4 Å². The quantitative estimate of drug-likeness (QED) is 0.877. The Hall–Kier alpha value is -0.820. The molecule has 0 spiro atoms. The zero-order valence-electron chi connectivity index (χ0n) is 12.9. The summed E-state index contributed by atoms with van der Waals surface area (Å²) in [4.78, 5) is 2.40. The van der Waals surface area contributed by atoms with Crippen LogP contribution in [0.2, 0.25) is 0 Å². The van der Waals surface area contributed by atoms with E-state index in [4.69, 9.17) is 0 Å². The van der Waals surface area contributed by atoms with Crippen LogP contribution < -0.4 is 14.8 Å². The molecule has 1 N–H and O–H groups in total. The van der Waals surface area contributed by atoms with Crippen molar-refractivity contribution in [3.05, 3.63) is 23.8 Å². The number of alkyl halides is 2. The Morgan fingerprint density at radius 3 is 2.48 bits per heavy atom. The minimum atomic E-state index is -3.55. The third-order valence-electron chi connectivity index (χ3n) is 3.96. The van der Waals surface area contributed by atoms with Crippen molar-refractivity contribution in [3.8, 4) is 11.5 Å². The van der Waals surface area contributed by atoms with E-state index in [1.54, 1.807) is 12.1 Å². The second-order valence-corrected chi connectivity index (χ2v) is 5.46. The summed E-state index contributed by atoms with van der Waals surface area (Å²) in [6.07, 6.45) is -1.51. The summed E-state index contributed by atoms with van der Waals surface area (Å²) in [5.41, 5.74) is 1.01. The molecule has 1 fully saturated rings. The van der Waals surface area contributed by atoms with E-state index in [1.165, 1.54) is 0 Å². The molecule has 0 unspecified atom stereocenters. The maximum absolute atomic E-state index is 13.1. The Bertz CT molecular complexity index is 514. The number of benzene rings is 1. The van der Waals surface area contributed by atoms with Gasteiger partial charge in [-0.3, -0.25) is 4.90 Å². The Kier molecular flexibility index (Phi) is 7.32. The molecular formula is C15H22Cl2F2N2O2. The van der Waals surface area contributed by atoms with Gasteiger partial charge in [-0.1, -0.05) is 19.4 Å². The van der Waals surface area contributed by atoms with Crippen molar-refractivity contribution >= 4 is 24.8 Å². The van der Waals surface area contributed by atoms with Crippen molar-refractivity contribution in [2.45, 2.75) is 32.1 Å². The SMILES string of the molecule is CCC[C@H](c1ccc2c(c1)OC(F)(F)O2)N1CCNCC1.Cl.Cl. The summed E-state index contributed by atoms with van der Waals surface area (Å²) < 4.78 is 35.2. The van der Waals surface area contributed by atoms with Crippen LogP contribution in [0.3, 0.4) is 0 Å². The van der Waals surface area contributed by atoms with Crippen molar-refractivity contribution in [2.24, 2.45) is 0 Å². The number of nitrogens with zero attached hydrogens (tertiary/aromatic N) is 1. The fraction of sp³-hybridized carbons (Fsp3) is 0.600. The Morgan fingerprint density at radius 1 is 1.17 bits per heavy atom. The van der Waals surface area contributed by atoms with Gasteiger partial charge in [0.15, 0.2) is 11.5 Å². The van der Waals surface area contributed by atoms with Crippen molar-refractivity contribution in [3.63, 3.8) is 0 Å². The van der Waals surface area contributed by atoms with E-state index < -0.39 is 6.29 Å². The molecule has 1 atom stereocenters. The highest BCUT2D eigenvalue weighted by atomic mass is 35.5. The second kappa shape index (κ2) is 8.33. The first kappa shape index (κ1) is 20.2. The van der Waals surface area contributed by atoms with Crippen LogP contribution in [-0.2, 0) is 0 Å². The maximum atomic E-state index is 13.1. The molecule has 0 aromatic heterocycles. The van der Waals surface area contributed by atoms with Gasteiger partial charge in [0.05, 0.1) is 0 Å². The highest BCUT2D eigenvalue weighted by Crippen LogP contribution is 2.43. The standard InChI is InChI=1S/C15H20F2N2O2.2ClH/c1-2-3-12(19-8-6-18-7-9-19)11-4-5-13-14(10-11)21-15(16,17)20-13;;/h4-5,10,12,18H,2-3,6-9H2,1H3;2*1H/t12-;;/m1../s1. The van der Waals surface area contributed by atoms with E-state index in [0.29, 0.717) is 0 Å². The highest BCUT2D eigenvalue weighted by Gasteiger charge is 2.43. The number of piperazine rings is 1. The number of nitrogens with one attached hydrogen (secondary N) is 1. The van der Waals surface area contributed by atoms with E-state index >= 15 is 0 Å². The van der Waals surface area contributed by atoms with Crippen LogP contribution in [0.15, 0.2) is 18.2 Å². The molecule has 8 heteroatoms. The molecule has 2 aliphatic rings. The maximum Gasteiger partial charge on any atom is 0.586 e. The van der Waals surface area contributed by atoms with Gasteiger partial charge in [0.1, 0.15) is 0 Å². The summed E-state index contributed by atoms with van der Waals surface area (Å²) in [7, 11) is 0. The largest absolute Gasteiger partial charge is 0.586 e. The van der Waals surface area contributed by atoms with Gasteiger partial charge in [0.25, 0.3) is 0 Å². The molecule has 0 amide bonds. The predicted molar refractivity (Wildman–Crippen MR) is 89.2 cm³/mol. The Morgan fingerprint density at radius 2 is 1.83 bits per heavy atom. The molecule has 1 aromatic carbocycles. The minimum Gasteiger partial charge on any atom is -0.395 e. The van der Waals surface area contributed by atoms with Gasteiger partial charge in [0.2, 0.25) is 0 Å². The summed E-state index contributed by atoms with van der Waals surface area (Å²) >= 11 is 0. The molecule has 2 aliphatic heterocycles. The van der Waals surface area contributed by atoms with E-state index in [9.17, 15) is 8.78 Å². The van der Waals surface area contributed by atoms with Crippen LogP contribution in [0.1, 0.15) is 31.4 Å². The van der Waals surface area contributed by atoms with Gasteiger partial charge in [-0.25, -0.2) is 0 Å². The molecule has 3 rings (SSSR count). The van der Waals surface area contributed by atoms with E-state index in [2.05, 4.69) is 26.6 Å². The number of hydrogen-bond acceptors (Lipinski definition) is 4. The van der Waals surface area contributed by atoms with Crippen LogP contribution in [0.25, 0.3) is 0 Å². The van der Waals surface area contributed by atoms with Crippen molar-refractivity contribution in [1.29, 1.82) is 0 Å². The van der Waals surface area contributed by atoms with Gasteiger partial charge < -0.3 is 14.8 Å². The van der Waals surface area contributed by atoms with E-state index in [-0.39, 0.29) is 42.4 Å². The van der Waals surface area contributed by atoms with Crippen molar-refractivity contribution in [1.82, 2.24) is 10.2 Å². The number of hydrogen-bond donors (Lipinski definition) is 1. The summed E-state index contributed by atoms with van der Waals surface area (Å²) in [6.45, 7) is 5.99. The van der Waals surface area contributed by atoms with Gasteiger partial charge in [-0.15, -0.1) is 33.6 Å². The highest BCUT2D eigenvalue weighted by molar-refractivity contribution is 5.85. The van der Waals surface area contributed by atoms with E-state index in [0.717, 1.165) is 44.6 Å². The lowest BCUT2D eigenvalue weighted by Crippen LogP contribution is -2.45. The fourth-order valence-electron chi connectivity index (χ4n) is 3.00. The lowest BCUT2D eigenvalue weighted by Gasteiger charge is -2.35. The molecule has 1 saturated heterocycles. The van der Waals surface area contributed by atoms with Crippen LogP contribution in [0.4, 0.5) is 8.78 Å². The molecule has 0 radical (unpaired) electrons. The Balaban J connectivity index is 0.00000132. The lowest BCUT2D eigenvalue weighted by atomic mass is 9.99. The molecular weight excluding hydrogens is 349 g/mol. The molecule has 0 bridgehead atoms. The number of ether oxygens (including phenoxy) is 2. The molecule has 0 aliphatic carbocycles. The first-order valence-corrected chi connectivity index (χ1v) is 7.43. The zero-order chi connectivity index (χ0) is 14.9. The Labute approximate surface area is 147 Å². The third kappa shape index (κ3) is 4.59. The molecule has 2 heterocycles. The van der Waals surface area contributed by atoms with Gasteiger partial charge >= 0.3 is 6.29 Å². The van der Waals surface area contributed by atoms with Crippen LogP contribution >= 0.6 is 24.8 Å². The lowest BCUT2D eigenvalue weighted by molar-refractivity contribution is -0.286. The van der Waals surface area contributed by atoms with E-state index in [1.807, 2.05) is 6.07 Å². The number of rotatable bonds is 4. The molecule has 132 valence electrons. The zero-order valence-corrected chi connectivity index (χ0v) is 14.5. The first-order chi connectivity index (χ1) is 10.1. The van der Waals surface area contributed by atoms with Gasteiger partial charge in [-0.05, 0) is 24.1 Å². The smallest absolute Gasteiger partial charge is 0.395 e. The third-order valence-corrected chi connectivity index (χ3v) is 3.96. The predicted octanol–water partition coefficient (Wildman–Crippen LogP) is 3.60. The minimum absolute atomic E-state index is 0. The average Bonchev–Trinajstić information content (AvgIpc) is 2.78. The van der Waals surface area contributed by atoms with Crippen molar-refractivity contribution in [2.75, 3.05) is 26.2 Å². The van der Waals surface area contributed by atoms with Crippen LogP contribution in [0.5, 0.6) is 11.5 Å². The topological polar surface area (TPSA) is 33.7 Å².